The Hall–Kier alpha value is -2.80. The van der Waals surface area contributed by atoms with Gasteiger partial charge in [0.15, 0.2) is 0 Å². The molecule has 27 heavy (non-hydrogen) atoms. The molecule has 0 saturated carbocycles. The summed E-state index contributed by atoms with van der Waals surface area (Å²) in [6.45, 7) is 1.83. The van der Waals surface area contributed by atoms with Crippen LogP contribution < -0.4 is 10.7 Å². The topological polar surface area (TPSA) is 78.5 Å². The zero-order chi connectivity index (χ0) is 19.3. The van der Waals surface area contributed by atoms with Gasteiger partial charge >= 0.3 is 6.03 Å². The Bertz CT molecular complexity index is 829. The average molecular weight is 383 g/mol. The van der Waals surface area contributed by atoms with E-state index in [-0.39, 0.29) is 11.7 Å². The van der Waals surface area contributed by atoms with Crippen LogP contribution in [0.2, 0.25) is 0 Å². The summed E-state index contributed by atoms with van der Waals surface area (Å²) >= 11 is 1.42. The van der Waals surface area contributed by atoms with Crippen LogP contribution in [0.25, 0.3) is 0 Å². The van der Waals surface area contributed by atoms with Crippen LogP contribution in [0.3, 0.4) is 0 Å². The highest BCUT2D eigenvalue weighted by molar-refractivity contribution is 7.99. The Balaban J connectivity index is 1.62. The SMILES string of the molecule is CC[C@]1(c2ccccc2)NC(=O)N(NC(=O)CSCc2ccccc2)C1=O. The first kappa shape index (κ1) is 19.0. The highest BCUT2D eigenvalue weighted by atomic mass is 32.2. The van der Waals surface area contributed by atoms with E-state index in [1.807, 2.05) is 55.5 Å². The van der Waals surface area contributed by atoms with Gasteiger partial charge in [0.05, 0.1) is 5.75 Å². The predicted octanol–water partition coefficient (Wildman–Crippen LogP) is 2.81. The number of nitrogens with zero attached hydrogens (tertiary/aromatic N) is 1. The molecule has 2 N–H and O–H groups in total. The Kier molecular flexibility index (Phi) is 5.81. The van der Waals surface area contributed by atoms with E-state index in [4.69, 9.17) is 0 Å². The molecule has 0 bridgehead atoms. The fourth-order valence-electron chi connectivity index (χ4n) is 3.03. The fraction of sp³-hybridized carbons (Fsp3) is 0.250. The molecule has 4 amide bonds. The number of hydrazine groups is 1. The van der Waals surface area contributed by atoms with Crippen molar-refractivity contribution in [2.75, 3.05) is 5.75 Å². The lowest BCUT2D eigenvalue weighted by Crippen LogP contribution is -2.49. The highest BCUT2D eigenvalue weighted by Gasteiger charge is 2.52. The van der Waals surface area contributed by atoms with Crippen LogP contribution in [0.5, 0.6) is 0 Å². The van der Waals surface area contributed by atoms with Crippen molar-refractivity contribution in [3.05, 3.63) is 71.8 Å². The van der Waals surface area contributed by atoms with Gasteiger partial charge in [0, 0.05) is 5.75 Å². The molecule has 0 aliphatic carbocycles. The Morgan fingerprint density at radius 2 is 1.70 bits per heavy atom. The maximum absolute atomic E-state index is 12.9. The Morgan fingerprint density at radius 3 is 2.33 bits per heavy atom. The molecule has 1 saturated heterocycles. The summed E-state index contributed by atoms with van der Waals surface area (Å²) in [5.74, 6) is -0.0321. The second kappa shape index (κ2) is 8.26. The molecule has 140 valence electrons. The van der Waals surface area contributed by atoms with Gasteiger partial charge in [0.2, 0.25) is 5.91 Å². The third-order valence-electron chi connectivity index (χ3n) is 4.47. The molecule has 2 aromatic rings. The van der Waals surface area contributed by atoms with Crippen LogP contribution in [0.4, 0.5) is 4.79 Å². The van der Waals surface area contributed by atoms with Crippen LogP contribution in [-0.4, -0.2) is 28.6 Å². The van der Waals surface area contributed by atoms with Crippen LogP contribution in [0.15, 0.2) is 60.7 Å². The minimum absolute atomic E-state index is 0.149. The first-order valence-electron chi connectivity index (χ1n) is 8.70. The van der Waals surface area contributed by atoms with Gasteiger partial charge in [-0.3, -0.25) is 15.0 Å². The molecule has 1 atom stereocenters. The van der Waals surface area contributed by atoms with Crippen molar-refractivity contribution in [3.63, 3.8) is 0 Å². The van der Waals surface area contributed by atoms with Crippen LogP contribution in [-0.2, 0) is 20.9 Å². The van der Waals surface area contributed by atoms with Crippen LogP contribution >= 0.6 is 11.8 Å². The van der Waals surface area contributed by atoms with E-state index < -0.39 is 17.5 Å². The second-order valence-corrected chi connectivity index (χ2v) is 7.19. The minimum Gasteiger partial charge on any atom is -0.318 e. The van der Waals surface area contributed by atoms with Crippen molar-refractivity contribution >= 4 is 29.6 Å². The molecule has 0 spiro atoms. The standard InChI is InChI=1S/C20H21N3O3S/c1-2-20(16-11-7-4-8-12-16)18(25)23(19(26)21-20)22-17(24)14-27-13-15-9-5-3-6-10-15/h3-12H,2,13-14H2,1H3,(H,21,26)(H,22,24)/t20-/m1/s1. The van der Waals surface area contributed by atoms with Crippen molar-refractivity contribution in [1.29, 1.82) is 0 Å². The summed E-state index contributed by atoms with van der Waals surface area (Å²) in [5, 5.41) is 3.53. The Labute approximate surface area is 162 Å². The summed E-state index contributed by atoms with van der Waals surface area (Å²) in [7, 11) is 0. The maximum Gasteiger partial charge on any atom is 0.344 e. The third-order valence-corrected chi connectivity index (χ3v) is 5.47. The number of urea groups is 1. The number of benzene rings is 2. The number of imide groups is 1. The lowest BCUT2D eigenvalue weighted by molar-refractivity contribution is -0.138. The molecule has 7 heteroatoms. The molecule has 0 unspecified atom stereocenters. The molecular formula is C20H21N3O3S. The number of thioether (sulfide) groups is 1. The molecule has 1 aliphatic rings. The summed E-state index contributed by atoms with van der Waals surface area (Å²) in [6, 6.07) is 18.2. The molecule has 1 fully saturated rings. The quantitative estimate of drug-likeness (QED) is 0.721. The van der Waals surface area contributed by atoms with Crippen LogP contribution in [0.1, 0.15) is 24.5 Å². The third kappa shape index (κ3) is 3.98. The molecular weight excluding hydrogens is 362 g/mol. The number of amides is 4. The summed E-state index contributed by atoms with van der Waals surface area (Å²) in [5.41, 5.74) is 3.09. The van der Waals surface area contributed by atoms with Gasteiger partial charge in [-0.25, -0.2) is 4.79 Å². The van der Waals surface area contributed by atoms with E-state index in [2.05, 4.69) is 10.7 Å². The van der Waals surface area contributed by atoms with E-state index in [1.54, 1.807) is 12.1 Å². The number of nitrogens with one attached hydrogen (secondary N) is 2. The number of hydrogen-bond acceptors (Lipinski definition) is 4. The summed E-state index contributed by atoms with van der Waals surface area (Å²) in [4.78, 5) is 37.5. The smallest absolute Gasteiger partial charge is 0.318 e. The van der Waals surface area contributed by atoms with Crippen LogP contribution in [0, 0.1) is 0 Å². The molecule has 1 aliphatic heterocycles. The van der Waals surface area contributed by atoms with Gasteiger partial charge in [-0.1, -0.05) is 67.6 Å². The van der Waals surface area contributed by atoms with Crippen molar-refractivity contribution in [1.82, 2.24) is 15.8 Å². The van der Waals surface area contributed by atoms with E-state index >= 15 is 0 Å². The van der Waals surface area contributed by atoms with Gasteiger partial charge < -0.3 is 5.32 Å². The molecule has 6 nitrogen and oxygen atoms in total. The van der Waals surface area contributed by atoms with E-state index in [0.717, 1.165) is 10.6 Å². The highest BCUT2D eigenvalue weighted by Crippen LogP contribution is 2.31. The van der Waals surface area contributed by atoms with Gasteiger partial charge in [-0.05, 0) is 17.5 Å². The second-order valence-electron chi connectivity index (χ2n) is 6.21. The van der Waals surface area contributed by atoms with Crippen molar-refractivity contribution < 1.29 is 14.4 Å². The number of carbonyl (C=O) groups is 3. The van der Waals surface area contributed by atoms with Gasteiger partial charge in [-0.2, -0.15) is 5.01 Å². The van der Waals surface area contributed by atoms with E-state index in [1.165, 1.54) is 11.8 Å². The van der Waals surface area contributed by atoms with Gasteiger partial charge in [0.1, 0.15) is 5.54 Å². The molecule has 3 rings (SSSR count). The van der Waals surface area contributed by atoms with Crippen molar-refractivity contribution in [3.8, 4) is 0 Å². The number of rotatable bonds is 7. The van der Waals surface area contributed by atoms with E-state index in [9.17, 15) is 14.4 Å². The van der Waals surface area contributed by atoms with Crippen molar-refractivity contribution in [2.24, 2.45) is 0 Å². The lowest BCUT2D eigenvalue weighted by atomic mass is 9.87. The first-order chi connectivity index (χ1) is 13.1. The number of hydrogen-bond donors (Lipinski definition) is 2. The lowest BCUT2D eigenvalue weighted by Gasteiger charge is -2.25. The van der Waals surface area contributed by atoms with E-state index in [0.29, 0.717) is 17.7 Å². The zero-order valence-electron chi connectivity index (χ0n) is 15.0. The first-order valence-corrected chi connectivity index (χ1v) is 9.85. The molecule has 1 heterocycles. The average Bonchev–Trinajstić information content (AvgIpc) is 2.94. The fourth-order valence-corrected chi connectivity index (χ4v) is 3.81. The molecule has 0 aromatic heterocycles. The Morgan fingerprint density at radius 1 is 1.07 bits per heavy atom. The predicted molar refractivity (Wildman–Crippen MR) is 105 cm³/mol. The summed E-state index contributed by atoms with van der Waals surface area (Å²) < 4.78 is 0. The molecule has 0 radical (unpaired) electrons. The molecule has 2 aromatic carbocycles. The van der Waals surface area contributed by atoms with Gasteiger partial charge in [-0.15, -0.1) is 11.8 Å². The maximum atomic E-state index is 12.9. The zero-order valence-corrected chi connectivity index (χ0v) is 15.8. The largest absolute Gasteiger partial charge is 0.344 e. The summed E-state index contributed by atoms with van der Waals surface area (Å²) in [6.07, 6.45) is 0.386. The minimum atomic E-state index is -1.15. The number of carbonyl (C=O) groups excluding carboxylic acids is 3. The van der Waals surface area contributed by atoms with Gasteiger partial charge in [0.25, 0.3) is 5.91 Å². The van der Waals surface area contributed by atoms with Crippen molar-refractivity contribution in [2.45, 2.75) is 24.6 Å². The monoisotopic (exact) mass is 383 g/mol. The normalized spacial score (nSPS) is 19.1.